The van der Waals surface area contributed by atoms with Crippen LogP contribution in [0.3, 0.4) is 0 Å². The Morgan fingerprint density at radius 2 is 2.00 bits per heavy atom. The van der Waals surface area contributed by atoms with Gasteiger partial charge >= 0.3 is 5.97 Å². The Balaban J connectivity index is 0.00000196. The molecule has 0 aliphatic heterocycles. The molecule has 0 amide bonds. The normalized spacial score (nSPS) is 11.7. The van der Waals surface area contributed by atoms with Gasteiger partial charge in [0.2, 0.25) is 0 Å². The van der Waals surface area contributed by atoms with E-state index in [4.69, 9.17) is 10.8 Å². The van der Waals surface area contributed by atoms with E-state index >= 15 is 0 Å². The van der Waals surface area contributed by atoms with Crippen molar-refractivity contribution in [1.82, 2.24) is 0 Å². The highest BCUT2D eigenvalue weighted by atomic mass is 32.1. The van der Waals surface area contributed by atoms with E-state index < -0.39 is 12.0 Å². The maximum atomic E-state index is 10.5. The molecule has 0 spiro atoms. The van der Waals surface area contributed by atoms with Crippen LogP contribution in [0.2, 0.25) is 0 Å². The third kappa shape index (κ3) is 3.93. The number of benzene rings is 1. The van der Waals surface area contributed by atoms with Crippen LogP contribution in [0.4, 0.5) is 0 Å². The second-order valence-electron chi connectivity index (χ2n) is 3.57. The van der Waals surface area contributed by atoms with Gasteiger partial charge in [-0.15, -0.1) is 0 Å². The Bertz CT molecular complexity index is 352. The molecule has 0 saturated carbocycles. The lowest BCUT2D eigenvalue weighted by Gasteiger charge is -2.08. The zero-order valence-electron chi connectivity index (χ0n) is 8.95. The van der Waals surface area contributed by atoms with E-state index in [-0.39, 0.29) is 13.5 Å². The molecular formula is C11H17NO2S. The second kappa shape index (κ2) is 5.78. The Morgan fingerprint density at radius 1 is 1.40 bits per heavy atom. The number of hydrogen-bond donors (Lipinski definition) is 2. The summed E-state index contributed by atoms with van der Waals surface area (Å²) in [5.41, 5.74) is 8.78. The molecule has 1 rings (SSSR count). The predicted octanol–water partition coefficient (Wildman–Crippen LogP) is 1.37. The van der Waals surface area contributed by atoms with Crippen LogP contribution in [-0.4, -0.2) is 17.1 Å². The summed E-state index contributed by atoms with van der Waals surface area (Å²) in [6.45, 7) is 4.03. The molecule has 1 aromatic rings. The van der Waals surface area contributed by atoms with Gasteiger partial charge in [0.25, 0.3) is 0 Å². The Labute approximate surface area is 96.7 Å². The fourth-order valence-electron chi connectivity index (χ4n) is 1.27. The third-order valence-corrected chi connectivity index (χ3v) is 2.34. The Morgan fingerprint density at radius 3 is 2.47 bits per heavy atom. The molecule has 4 heteroatoms. The average Bonchev–Trinajstić information content (AvgIpc) is 2.11. The first-order valence-corrected chi connectivity index (χ1v) is 4.55. The standard InChI is InChI=1S/C11H15NO2.H2S/c1-7-3-4-9(5-8(7)2)6-10(12)11(13)14;/h3-5,10H,6,12H2,1-2H3,(H,13,14);1H2/t10-;/m0./s1. The highest BCUT2D eigenvalue weighted by molar-refractivity contribution is 7.59. The summed E-state index contributed by atoms with van der Waals surface area (Å²) >= 11 is 0. The highest BCUT2D eigenvalue weighted by Gasteiger charge is 2.11. The second-order valence-corrected chi connectivity index (χ2v) is 3.57. The average molecular weight is 227 g/mol. The first-order valence-electron chi connectivity index (χ1n) is 4.55. The van der Waals surface area contributed by atoms with Crippen molar-refractivity contribution < 1.29 is 9.90 Å². The van der Waals surface area contributed by atoms with Crippen LogP contribution < -0.4 is 5.73 Å². The van der Waals surface area contributed by atoms with Crippen molar-refractivity contribution in [2.75, 3.05) is 0 Å². The molecule has 0 saturated heterocycles. The van der Waals surface area contributed by atoms with E-state index in [1.807, 2.05) is 32.0 Å². The van der Waals surface area contributed by atoms with Crippen LogP contribution in [0, 0.1) is 13.8 Å². The number of carboxylic acids is 1. The van der Waals surface area contributed by atoms with Crippen LogP contribution in [0.25, 0.3) is 0 Å². The zero-order chi connectivity index (χ0) is 10.7. The molecule has 1 aromatic carbocycles. The van der Waals surface area contributed by atoms with E-state index in [0.29, 0.717) is 6.42 Å². The van der Waals surface area contributed by atoms with Crippen molar-refractivity contribution in [3.8, 4) is 0 Å². The molecule has 0 heterocycles. The number of rotatable bonds is 3. The lowest BCUT2D eigenvalue weighted by molar-refractivity contribution is -0.138. The molecule has 1 atom stereocenters. The lowest BCUT2D eigenvalue weighted by Crippen LogP contribution is -2.32. The summed E-state index contributed by atoms with van der Waals surface area (Å²) in [6.07, 6.45) is 0.385. The molecule has 3 N–H and O–H groups in total. The summed E-state index contributed by atoms with van der Waals surface area (Å²) in [4.78, 5) is 10.5. The molecule has 0 radical (unpaired) electrons. The Hall–Kier alpha value is -1.00. The van der Waals surface area contributed by atoms with Gasteiger partial charge in [0, 0.05) is 0 Å². The van der Waals surface area contributed by atoms with Crippen LogP contribution in [0.15, 0.2) is 18.2 Å². The van der Waals surface area contributed by atoms with Crippen molar-refractivity contribution >= 4 is 19.5 Å². The van der Waals surface area contributed by atoms with Gasteiger partial charge in [-0.25, -0.2) is 0 Å². The number of nitrogens with two attached hydrogens (primary N) is 1. The van der Waals surface area contributed by atoms with Crippen LogP contribution in [-0.2, 0) is 11.2 Å². The van der Waals surface area contributed by atoms with Gasteiger partial charge in [-0.05, 0) is 37.0 Å². The quantitative estimate of drug-likeness (QED) is 0.819. The minimum atomic E-state index is -0.955. The van der Waals surface area contributed by atoms with Crippen molar-refractivity contribution in [3.63, 3.8) is 0 Å². The van der Waals surface area contributed by atoms with Gasteiger partial charge in [0.1, 0.15) is 6.04 Å². The first kappa shape index (κ1) is 14.0. The maximum absolute atomic E-state index is 10.5. The molecule has 0 bridgehead atoms. The lowest BCUT2D eigenvalue weighted by atomic mass is 10.0. The molecule has 3 nitrogen and oxygen atoms in total. The summed E-state index contributed by atoms with van der Waals surface area (Å²) in [7, 11) is 0. The number of hydrogen-bond acceptors (Lipinski definition) is 2. The van der Waals surface area contributed by atoms with E-state index in [0.717, 1.165) is 5.56 Å². The smallest absolute Gasteiger partial charge is 0.320 e. The largest absolute Gasteiger partial charge is 0.480 e. The summed E-state index contributed by atoms with van der Waals surface area (Å²) in [5.74, 6) is -0.955. The number of aryl methyl sites for hydroxylation is 2. The topological polar surface area (TPSA) is 63.3 Å². The van der Waals surface area contributed by atoms with E-state index in [2.05, 4.69) is 0 Å². The molecule has 0 aromatic heterocycles. The van der Waals surface area contributed by atoms with Crippen molar-refractivity contribution in [2.24, 2.45) is 5.73 Å². The molecular weight excluding hydrogens is 210 g/mol. The minimum absolute atomic E-state index is 0. The summed E-state index contributed by atoms with van der Waals surface area (Å²) in [5, 5.41) is 8.64. The SMILES string of the molecule is Cc1ccc(C[C@H](N)C(=O)O)cc1C.S. The van der Waals surface area contributed by atoms with Gasteiger partial charge in [-0.1, -0.05) is 18.2 Å². The number of carboxylic acid groups (broad SMARTS) is 1. The number of carbonyl (C=O) groups is 1. The third-order valence-electron chi connectivity index (χ3n) is 2.34. The zero-order valence-corrected chi connectivity index (χ0v) is 9.95. The van der Waals surface area contributed by atoms with Gasteiger partial charge < -0.3 is 10.8 Å². The molecule has 0 aliphatic rings. The van der Waals surface area contributed by atoms with Crippen LogP contribution in [0.1, 0.15) is 16.7 Å². The summed E-state index contributed by atoms with van der Waals surface area (Å²) < 4.78 is 0. The van der Waals surface area contributed by atoms with Gasteiger partial charge in [0.05, 0.1) is 0 Å². The van der Waals surface area contributed by atoms with Gasteiger partial charge in [-0.3, -0.25) is 4.79 Å². The molecule has 0 aliphatic carbocycles. The van der Waals surface area contributed by atoms with Crippen LogP contribution in [0.5, 0.6) is 0 Å². The van der Waals surface area contributed by atoms with Gasteiger partial charge in [-0.2, -0.15) is 13.5 Å². The highest BCUT2D eigenvalue weighted by Crippen LogP contribution is 2.11. The minimum Gasteiger partial charge on any atom is -0.480 e. The monoisotopic (exact) mass is 227 g/mol. The van der Waals surface area contributed by atoms with Crippen molar-refractivity contribution in [3.05, 3.63) is 34.9 Å². The molecule has 0 unspecified atom stereocenters. The fourth-order valence-corrected chi connectivity index (χ4v) is 1.27. The Kier molecular flexibility index (Phi) is 5.39. The fraction of sp³-hybridized carbons (Fsp3) is 0.364. The molecule has 0 fully saturated rings. The van der Waals surface area contributed by atoms with Gasteiger partial charge in [0.15, 0.2) is 0 Å². The summed E-state index contributed by atoms with van der Waals surface area (Å²) in [6, 6.07) is 5.08. The van der Waals surface area contributed by atoms with E-state index in [9.17, 15) is 4.79 Å². The van der Waals surface area contributed by atoms with E-state index in [1.165, 1.54) is 11.1 Å². The predicted molar refractivity (Wildman–Crippen MR) is 65.6 cm³/mol. The molecule has 84 valence electrons. The van der Waals surface area contributed by atoms with Crippen molar-refractivity contribution in [1.29, 1.82) is 0 Å². The first-order chi connectivity index (χ1) is 6.50. The molecule has 15 heavy (non-hydrogen) atoms. The van der Waals surface area contributed by atoms with Crippen molar-refractivity contribution in [2.45, 2.75) is 26.3 Å². The number of aliphatic carboxylic acids is 1. The maximum Gasteiger partial charge on any atom is 0.320 e. The van der Waals surface area contributed by atoms with E-state index in [1.54, 1.807) is 0 Å². The van der Waals surface area contributed by atoms with Crippen LogP contribution >= 0.6 is 13.5 Å².